The maximum Gasteiger partial charge on any atom is 0.315 e. The second-order valence-electron chi connectivity index (χ2n) is 7.32. The van der Waals surface area contributed by atoms with E-state index in [9.17, 15) is 0 Å². The van der Waals surface area contributed by atoms with Crippen LogP contribution in [-0.2, 0) is 16.0 Å². The van der Waals surface area contributed by atoms with Crippen LogP contribution in [-0.4, -0.2) is 60.2 Å². The normalized spacial score (nSPS) is 26.9. The smallest absolute Gasteiger partial charge is 0.315 e. The first-order chi connectivity index (χ1) is 12.7. The van der Waals surface area contributed by atoms with Gasteiger partial charge in [0.05, 0.1) is 19.8 Å². The summed E-state index contributed by atoms with van der Waals surface area (Å²) < 4.78 is 17.5. The van der Waals surface area contributed by atoms with Crippen molar-refractivity contribution in [2.24, 2.45) is 5.92 Å². The quantitative estimate of drug-likeness (QED) is 0.877. The van der Waals surface area contributed by atoms with Crippen molar-refractivity contribution in [1.82, 2.24) is 15.1 Å². The summed E-state index contributed by atoms with van der Waals surface area (Å²) in [5, 5.41) is 11.0. The van der Waals surface area contributed by atoms with E-state index in [1.807, 2.05) is 0 Å². The Morgan fingerprint density at radius 3 is 2.96 bits per heavy atom. The summed E-state index contributed by atoms with van der Waals surface area (Å²) in [5.41, 5.74) is 1.11. The standard InChI is InChI=1S/C19H26N4O3/c1-15-21-22-18(26-15)20-10-17-9-19(25-12-17)13-23(7-8-24-14-19)11-16-5-3-2-4-6-16/h2-6,17H,7-14H2,1H3,(H,20,22). The van der Waals surface area contributed by atoms with Crippen LogP contribution in [0, 0.1) is 12.8 Å². The lowest BCUT2D eigenvalue weighted by atomic mass is 9.94. The first kappa shape index (κ1) is 17.5. The molecule has 4 rings (SSSR count). The zero-order valence-corrected chi connectivity index (χ0v) is 15.2. The maximum atomic E-state index is 6.26. The molecule has 0 radical (unpaired) electrons. The molecule has 140 valence electrons. The Bertz CT molecular complexity index is 708. The number of aryl methyl sites for hydroxylation is 1. The highest BCUT2D eigenvalue weighted by Gasteiger charge is 2.43. The van der Waals surface area contributed by atoms with Crippen molar-refractivity contribution in [3.8, 4) is 0 Å². The molecule has 1 aromatic carbocycles. The average molecular weight is 358 g/mol. The molecule has 2 atom stereocenters. The van der Waals surface area contributed by atoms with Crippen LogP contribution in [0.4, 0.5) is 6.01 Å². The minimum Gasteiger partial charge on any atom is -0.408 e. The van der Waals surface area contributed by atoms with Crippen molar-refractivity contribution in [3.05, 3.63) is 41.8 Å². The maximum absolute atomic E-state index is 6.26. The molecule has 2 aliphatic heterocycles. The van der Waals surface area contributed by atoms with E-state index in [2.05, 4.69) is 50.7 Å². The monoisotopic (exact) mass is 358 g/mol. The van der Waals surface area contributed by atoms with Gasteiger partial charge in [0.1, 0.15) is 5.60 Å². The zero-order chi connectivity index (χ0) is 17.8. The summed E-state index contributed by atoms with van der Waals surface area (Å²) in [6, 6.07) is 11.1. The molecule has 0 amide bonds. The van der Waals surface area contributed by atoms with Crippen molar-refractivity contribution in [2.75, 3.05) is 44.8 Å². The molecule has 2 fully saturated rings. The first-order valence-electron chi connectivity index (χ1n) is 9.23. The second-order valence-corrected chi connectivity index (χ2v) is 7.32. The molecule has 2 aliphatic rings. The lowest BCUT2D eigenvalue weighted by Gasteiger charge is -2.31. The van der Waals surface area contributed by atoms with Gasteiger partial charge in [-0.25, -0.2) is 0 Å². The third kappa shape index (κ3) is 4.23. The molecule has 2 aromatic rings. The van der Waals surface area contributed by atoms with Gasteiger partial charge in [-0.05, 0) is 12.0 Å². The Hall–Kier alpha value is -1.96. The average Bonchev–Trinajstić information content (AvgIpc) is 3.18. The molecule has 1 aromatic heterocycles. The highest BCUT2D eigenvalue weighted by molar-refractivity contribution is 5.17. The number of hydrogen-bond donors (Lipinski definition) is 1. The van der Waals surface area contributed by atoms with Crippen LogP contribution in [0.3, 0.4) is 0 Å². The van der Waals surface area contributed by atoms with Crippen molar-refractivity contribution in [2.45, 2.75) is 25.5 Å². The summed E-state index contributed by atoms with van der Waals surface area (Å²) in [5.74, 6) is 0.975. The molecule has 2 unspecified atom stereocenters. The van der Waals surface area contributed by atoms with Crippen LogP contribution in [0.5, 0.6) is 0 Å². The molecule has 26 heavy (non-hydrogen) atoms. The second kappa shape index (κ2) is 7.73. The van der Waals surface area contributed by atoms with Gasteiger partial charge in [0, 0.05) is 39.0 Å². The zero-order valence-electron chi connectivity index (χ0n) is 15.2. The summed E-state index contributed by atoms with van der Waals surface area (Å²) in [7, 11) is 0. The Morgan fingerprint density at radius 1 is 1.27 bits per heavy atom. The third-order valence-corrected chi connectivity index (χ3v) is 5.03. The van der Waals surface area contributed by atoms with E-state index in [1.165, 1.54) is 5.56 Å². The number of benzene rings is 1. The van der Waals surface area contributed by atoms with E-state index in [0.717, 1.165) is 45.8 Å². The minimum atomic E-state index is -0.220. The Balaban J connectivity index is 1.34. The van der Waals surface area contributed by atoms with E-state index < -0.39 is 0 Å². The van der Waals surface area contributed by atoms with E-state index in [-0.39, 0.29) is 5.60 Å². The van der Waals surface area contributed by atoms with Gasteiger partial charge in [0.15, 0.2) is 0 Å². The Morgan fingerprint density at radius 2 is 2.15 bits per heavy atom. The number of hydrogen-bond acceptors (Lipinski definition) is 7. The predicted octanol–water partition coefficient (Wildman–Crippen LogP) is 2.10. The first-order valence-corrected chi connectivity index (χ1v) is 9.23. The van der Waals surface area contributed by atoms with Gasteiger partial charge < -0.3 is 19.2 Å². The van der Waals surface area contributed by atoms with E-state index in [4.69, 9.17) is 13.9 Å². The molecule has 0 aliphatic carbocycles. The largest absolute Gasteiger partial charge is 0.408 e. The van der Waals surface area contributed by atoms with Gasteiger partial charge in [0.25, 0.3) is 0 Å². The van der Waals surface area contributed by atoms with Gasteiger partial charge in [0.2, 0.25) is 5.89 Å². The van der Waals surface area contributed by atoms with Crippen molar-refractivity contribution in [1.29, 1.82) is 0 Å². The number of anilines is 1. The molecule has 7 nitrogen and oxygen atoms in total. The van der Waals surface area contributed by atoms with Crippen LogP contribution in [0.1, 0.15) is 17.9 Å². The van der Waals surface area contributed by atoms with Crippen molar-refractivity contribution < 1.29 is 13.9 Å². The molecular weight excluding hydrogens is 332 g/mol. The van der Waals surface area contributed by atoms with Crippen LogP contribution in [0.25, 0.3) is 0 Å². The van der Waals surface area contributed by atoms with Crippen LogP contribution in [0.15, 0.2) is 34.7 Å². The molecule has 3 heterocycles. The van der Waals surface area contributed by atoms with Gasteiger partial charge in [-0.1, -0.05) is 35.4 Å². The fourth-order valence-electron chi connectivity index (χ4n) is 3.84. The number of rotatable bonds is 5. The molecule has 2 saturated heterocycles. The lowest BCUT2D eigenvalue weighted by Crippen LogP contribution is -2.43. The van der Waals surface area contributed by atoms with Crippen LogP contribution < -0.4 is 5.32 Å². The van der Waals surface area contributed by atoms with E-state index >= 15 is 0 Å². The molecular formula is C19H26N4O3. The van der Waals surface area contributed by atoms with Crippen molar-refractivity contribution in [3.63, 3.8) is 0 Å². The SMILES string of the molecule is Cc1nnc(NCC2COC3(COCCN(Cc4ccccc4)C3)C2)o1. The van der Waals surface area contributed by atoms with Gasteiger partial charge in [-0.2, -0.15) is 0 Å². The topological polar surface area (TPSA) is 72.7 Å². The molecule has 0 saturated carbocycles. The predicted molar refractivity (Wildman–Crippen MR) is 96.9 cm³/mol. The van der Waals surface area contributed by atoms with Gasteiger partial charge >= 0.3 is 6.01 Å². The summed E-state index contributed by atoms with van der Waals surface area (Å²) in [6.07, 6.45) is 0.971. The fourth-order valence-corrected chi connectivity index (χ4v) is 3.84. The van der Waals surface area contributed by atoms with Crippen LogP contribution >= 0.6 is 0 Å². The molecule has 1 spiro atoms. The van der Waals surface area contributed by atoms with Gasteiger partial charge in [-0.3, -0.25) is 4.90 Å². The minimum absolute atomic E-state index is 0.220. The Labute approximate surface area is 153 Å². The highest BCUT2D eigenvalue weighted by Crippen LogP contribution is 2.33. The number of nitrogens with zero attached hydrogens (tertiary/aromatic N) is 3. The summed E-state index contributed by atoms with van der Waals surface area (Å²) in [6.45, 7) is 7.46. The summed E-state index contributed by atoms with van der Waals surface area (Å²) in [4.78, 5) is 2.44. The third-order valence-electron chi connectivity index (χ3n) is 5.03. The molecule has 0 bridgehead atoms. The van der Waals surface area contributed by atoms with Gasteiger partial charge in [-0.15, -0.1) is 5.10 Å². The number of nitrogens with one attached hydrogen (secondary N) is 1. The number of aromatic nitrogens is 2. The summed E-state index contributed by atoms with van der Waals surface area (Å²) >= 11 is 0. The number of ether oxygens (including phenoxy) is 2. The fraction of sp³-hybridized carbons (Fsp3) is 0.579. The van der Waals surface area contributed by atoms with E-state index in [1.54, 1.807) is 6.92 Å². The molecule has 1 N–H and O–H groups in total. The van der Waals surface area contributed by atoms with E-state index in [0.29, 0.717) is 24.4 Å². The lowest BCUT2D eigenvalue weighted by molar-refractivity contribution is -0.0562. The van der Waals surface area contributed by atoms with Crippen LogP contribution in [0.2, 0.25) is 0 Å². The Kier molecular flexibility index (Phi) is 5.19. The van der Waals surface area contributed by atoms with Crippen molar-refractivity contribution >= 4 is 6.01 Å². The molecule has 7 heteroatoms. The highest BCUT2D eigenvalue weighted by atomic mass is 16.5.